The van der Waals surface area contributed by atoms with Crippen molar-refractivity contribution in [3.8, 4) is 11.8 Å². The van der Waals surface area contributed by atoms with Gasteiger partial charge in [-0.15, -0.1) is 0 Å². The van der Waals surface area contributed by atoms with Gasteiger partial charge >= 0.3 is 0 Å². The summed E-state index contributed by atoms with van der Waals surface area (Å²) in [7, 11) is 0. The van der Waals surface area contributed by atoms with E-state index in [2.05, 4.69) is 11.8 Å². The molecule has 1 aromatic carbocycles. The molecule has 0 fully saturated rings. The van der Waals surface area contributed by atoms with Crippen molar-refractivity contribution in [1.82, 2.24) is 0 Å². The number of nitrogens with two attached hydrogens (primary N) is 1. The molecule has 2 unspecified atom stereocenters. The van der Waals surface area contributed by atoms with Crippen LogP contribution in [-0.4, -0.2) is 11.0 Å². The molecule has 4 heteroatoms. The minimum absolute atomic E-state index is 0.0934. The number of nitro benzene ring substituents is 1. The number of nitrogens with zero attached hydrogens (tertiary/aromatic N) is 1. The molecule has 0 saturated heterocycles. The fourth-order valence-corrected chi connectivity index (χ4v) is 2.09. The molecule has 88 valence electrons. The third-order valence-electron chi connectivity index (χ3n) is 2.90. The van der Waals surface area contributed by atoms with E-state index in [0.29, 0.717) is 0 Å². The number of hydrogen-bond acceptors (Lipinski definition) is 3. The summed E-state index contributed by atoms with van der Waals surface area (Å²) in [5, 5.41) is 10.7. The van der Waals surface area contributed by atoms with Crippen LogP contribution < -0.4 is 5.73 Å². The molecule has 0 amide bonds. The Kier molecular flexibility index (Phi) is 3.12. The Balaban J connectivity index is 2.33. The lowest BCUT2D eigenvalue weighted by Crippen LogP contribution is -2.11. The van der Waals surface area contributed by atoms with Crippen molar-refractivity contribution in [2.75, 3.05) is 0 Å². The molecule has 2 rings (SSSR count). The Hall–Kier alpha value is -1.86. The van der Waals surface area contributed by atoms with Crippen molar-refractivity contribution in [2.45, 2.75) is 31.7 Å². The molecule has 1 aliphatic carbocycles. The monoisotopic (exact) mass is 230 g/mol. The molecule has 0 saturated carbocycles. The Morgan fingerprint density at radius 3 is 3.00 bits per heavy atom. The average Bonchev–Trinajstić information content (AvgIpc) is 2.68. The number of fused-ring (bicyclic) bond motifs is 1. The largest absolute Gasteiger partial charge is 0.318 e. The Labute approximate surface area is 100.0 Å². The summed E-state index contributed by atoms with van der Waals surface area (Å²) < 4.78 is 0. The maximum atomic E-state index is 10.7. The van der Waals surface area contributed by atoms with Crippen LogP contribution in [0, 0.1) is 22.0 Å². The first-order valence-corrected chi connectivity index (χ1v) is 5.62. The number of nitro groups is 1. The van der Waals surface area contributed by atoms with Crippen molar-refractivity contribution in [2.24, 2.45) is 5.73 Å². The fourth-order valence-electron chi connectivity index (χ4n) is 2.09. The van der Waals surface area contributed by atoms with Crippen LogP contribution in [0.15, 0.2) is 18.2 Å². The van der Waals surface area contributed by atoms with Crippen LogP contribution >= 0.6 is 0 Å². The zero-order valence-electron chi connectivity index (χ0n) is 9.64. The summed E-state index contributed by atoms with van der Waals surface area (Å²) in [5.41, 5.74) is 7.88. The van der Waals surface area contributed by atoms with Gasteiger partial charge in [-0.3, -0.25) is 10.1 Å². The van der Waals surface area contributed by atoms with E-state index in [-0.39, 0.29) is 22.6 Å². The highest BCUT2D eigenvalue weighted by atomic mass is 16.6. The van der Waals surface area contributed by atoms with E-state index in [0.717, 1.165) is 18.4 Å². The summed E-state index contributed by atoms with van der Waals surface area (Å²) >= 11 is 0. The zero-order chi connectivity index (χ0) is 12.4. The molecule has 17 heavy (non-hydrogen) atoms. The topological polar surface area (TPSA) is 69.2 Å². The molecule has 0 aromatic heterocycles. The quantitative estimate of drug-likeness (QED) is 0.455. The van der Waals surface area contributed by atoms with Gasteiger partial charge in [0.15, 0.2) is 0 Å². The molecule has 0 aliphatic heterocycles. The van der Waals surface area contributed by atoms with Gasteiger partial charge in [0, 0.05) is 18.1 Å². The number of benzene rings is 1. The SMILES string of the molecule is CC(N)C#CC1CCc2ccc([N+](=O)[O-])cc21. The number of rotatable bonds is 1. The third-order valence-corrected chi connectivity index (χ3v) is 2.90. The van der Waals surface area contributed by atoms with Gasteiger partial charge in [0.2, 0.25) is 0 Å². The first-order valence-electron chi connectivity index (χ1n) is 5.62. The number of hydrogen-bond donors (Lipinski definition) is 1. The Morgan fingerprint density at radius 2 is 2.35 bits per heavy atom. The number of aryl methyl sites for hydroxylation is 1. The lowest BCUT2D eigenvalue weighted by molar-refractivity contribution is -0.384. The lowest BCUT2D eigenvalue weighted by Gasteiger charge is -2.03. The molecule has 0 spiro atoms. The molecular weight excluding hydrogens is 216 g/mol. The van der Waals surface area contributed by atoms with Crippen LogP contribution in [0.2, 0.25) is 0 Å². The zero-order valence-corrected chi connectivity index (χ0v) is 9.64. The molecule has 1 aliphatic rings. The summed E-state index contributed by atoms with van der Waals surface area (Å²) in [6.45, 7) is 1.83. The molecule has 4 nitrogen and oxygen atoms in total. The minimum atomic E-state index is -0.366. The van der Waals surface area contributed by atoms with Gasteiger partial charge in [0.25, 0.3) is 5.69 Å². The normalized spacial score (nSPS) is 19.1. The summed E-state index contributed by atoms with van der Waals surface area (Å²) in [5.74, 6) is 6.13. The van der Waals surface area contributed by atoms with E-state index in [4.69, 9.17) is 5.73 Å². The van der Waals surface area contributed by atoms with Gasteiger partial charge in [-0.25, -0.2) is 0 Å². The Morgan fingerprint density at radius 1 is 1.59 bits per heavy atom. The first kappa shape index (κ1) is 11.6. The molecule has 1 aromatic rings. The maximum Gasteiger partial charge on any atom is 0.269 e. The molecule has 2 N–H and O–H groups in total. The van der Waals surface area contributed by atoms with Crippen molar-refractivity contribution >= 4 is 5.69 Å². The fraction of sp³-hybridized carbons (Fsp3) is 0.385. The molecule has 0 bridgehead atoms. The van der Waals surface area contributed by atoms with E-state index in [1.165, 1.54) is 5.56 Å². The molecule has 2 atom stereocenters. The third kappa shape index (κ3) is 2.45. The highest BCUT2D eigenvalue weighted by Crippen LogP contribution is 2.34. The molecule has 0 radical (unpaired) electrons. The van der Waals surface area contributed by atoms with Gasteiger partial charge in [0.1, 0.15) is 0 Å². The van der Waals surface area contributed by atoms with Crippen LogP contribution in [0.25, 0.3) is 0 Å². The highest BCUT2D eigenvalue weighted by Gasteiger charge is 2.23. The first-order chi connectivity index (χ1) is 8.08. The summed E-state index contributed by atoms with van der Waals surface area (Å²) in [6.07, 6.45) is 1.86. The van der Waals surface area contributed by atoms with Crippen LogP contribution in [0.4, 0.5) is 5.69 Å². The molecule has 0 heterocycles. The van der Waals surface area contributed by atoms with Crippen LogP contribution in [0.5, 0.6) is 0 Å². The van der Waals surface area contributed by atoms with Gasteiger partial charge in [-0.05, 0) is 30.9 Å². The minimum Gasteiger partial charge on any atom is -0.318 e. The molecular formula is C13H14N2O2. The standard InChI is InChI=1S/C13H14N2O2/c1-9(14)2-3-10-4-5-11-6-7-12(15(16)17)8-13(10)11/h6-10H,4-5,14H2,1H3. The maximum absolute atomic E-state index is 10.7. The van der Waals surface area contributed by atoms with Crippen molar-refractivity contribution in [1.29, 1.82) is 0 Å². The second kappa shape index (κ2) is 4.56. The van der Waals surface area contributed by atoms with E-state index < -0.39 is 0 Å². The summed E-state index contributed by atoms with van der Waals surface area (Å²) in [4.78, 5) is 10.4. The predicted molar refractivity (Wildman–Crippen MR) is 65.6 cm³/mol. The van der Waals surface area contributed by atoms with E-state index in [9.17, 15) is 10.1 Å². The van der Waals surface area contributed by atoms with E-state index in [1.807, 2.05) is 13.0 Å². The smallest absolute Gasteiger partial charge is 0.269 e. The van der Waals surface area contributed by atoms with Crippen molar-refractivity contribution in [3.05, 3.63) is 39.4 Å². The second-order valence-electron chi connectivity index (χ2n) is 4.31. The summed E-state index contributed by atoms with van der Waals surface area (Å²) in [6, 6.07) is 4.88. The van der Waals surface area contributed by atoms with Crippen molar-refractivity contribution < 1.29 is 4.92 Å². The van der Waals surface area contributed by atoms with Gasteiger partial charge < -0.3 is 5.73 Å². The highest BCUT2D eigenvalue weighted by molar-refractivity contribution is 5.47. The van der Waals surface area contributed by atoms with Crippen LogP contribution in [0.1, 0.15) is 30.4 Å². The van der Waals surface area contributed by atoms with E-state index >= 15 is 0 Å². The van der Waals surface area contributed by atoms with E-state index in [1.54, 1.807) is 12.1 Å². The van der Waals surface area contributed by atoms with Crippen molar-refractivity contribution in [3.63, 3.8) is 0 Å². The number of non-ortho nitro benzene ring substituents is 1. The van der Waals surface area contributed by atoms with Gasteiger partial charge in [-0.2, -0.15) is 0 Å². The second-order valence-corrected chi connectivity index (χ2v) is 4.31. The lowest BCUT2D eigenvalue weighted by atomic mass is 10.0. The van der Waals surface area contributed by atoms with Gasteiger partial charge in [0.05, 0.1) is 11.0 Å². The average molecular weight is 230 g/mol. The van der Waals surface area contributed by atoms with Crippen LogP contribution in [-0.2, 0) is 6.42 Å². The van der Waals surface area contributed by atoms with Gasteiger partial charge in [-0.1, -0.05) is 17.9 Å². The van der Waals surface area contributed by atoms with Crippen LogP contribution in [0.3, 0.4) is 0 Å². The predicted octanol–water partition coefficient (Wildman–Crippen LogP) is 1.98. The Bertz CT molecular complexity index is 512.